The Morgan fingerprint density at radius 3 is 2.68 bits per heavy atom. The van der Waals surface area contributed by atoms with Crippen LogP contribution in [-0.2, 0) is 30.6 Å². The van der Waals surface area contributed by atoms with Crippen molar-refractivity contribution in [3.05, 3.63) is 36.7 Å². The minimum atomic E-state index is -3.12. The molecule has 224 valence electrons. The summed E-state index contributed by atoms with van der Waals surface area (Å²) in [6, 6.07) is 8.23. The van der Waals surface area contributed by atoms with E-state index in [1.54, 1.807) is 48.7 Å². The van der Waals surface area contributed by atoms with Crippen molar-refractivity contribution in [2.24, 2.45) is 5.92 Å². The van der Waals surface area contributed by atoms with E-state index in [2.05, 4.69) is 20.0 Å². The van der Waals surface area contributed by atoms with Crippen molar-refractivity contribution in [1.29, 1.82) is 0 Å². The first-order valence-corrected chi connectivity index (χ1v) is 16.1. The molecule has 12 nitrogen and oxygen atoms in total. The van der Waals surface area contributed by atoms with Crippen LogP contribution in [-0.4, -0.2) is 70.5 Å². The number of carbonyl (C=O) groups is 1. The largest absolute Gasteiger partial charge is 0.485 e. The maximum atomic E-state index is 16.2. The maximum absolute atomic E-state index is 16.2. The summed E-state index contributed by atoms with van der Waals surface area (Å²) in [5, 5.41) is 3.04. The first kappa shape index (κ1) is 31.0. The Kier molecular flexibility index (Phi) is 9.49. The fourth-order valence-corrected chi connectivity index (χ4v) is 6.90. The second-order valence-electron chi connectivity index (χ2n) is 10.6. The van der Waals surface area contributed by atoms with E-state index in [0.717, 1.165) is 0 Å². The highest BCUT2D eigenvalue weighted by molar-refractivity contribution is 8.11. The van der Waals surface area contributed by atoms with Gasteiger partial charge in [-0.3, -0.25) is 14.4 Å². The quantitative estimate of drug-likeness (QED) is 0.227. The van der Waals surface area contributed by atoms with Crippen LogP contribution in [0.5, 0.6) is 5.75 Å². The van der Waals surface area contributed by atoms with Gasteiger partial charge in [-0.05, 0) is 44.7 Å². The molecule has 0 amide bonds. The molecular formula is C26H37FN7O5PS. The molecule has 4 rings (SSSR count). The minimum absolute atomic E-state index is 0.0261. The van der Waals surface area contributed by atoms with Gasteiger partial charge in [-0.25, -0.2) is 9.37 Å². The zero-order valence-corrected chi connectivity index (χ0v) is 25.7. The number of halogens is 1. The second-order valence-corrected chi connectivity index (χ2v) is 14.5. The summed E-state index contributed by atoms with van der Waals surface area (Å²) < 4.78 is 41.0. The molecule has 2 aromatic heterocycles. The molecule has 41 heavy (non-hydrogen) atoms. The number of esters is 1. The number of rotatable bonds is 12. The highest BCUT2D eigenvalue weighted by Crippen LogP contribution is 2.49. The Hall–Kier alpha value is -2.90. The second kappa shape index (κ2) is 12.5. The molecule has 1 saturated heterocycles. The van der Waals surface area contributed by atoms with E-state index in [1.807, 2.05) is 39.2 Å². The molecule has 3 N–H and O–H groups in total. The average Bonchev–Trinajstić information content (AvgIpc) is 3.45. The summed E-state index contributed by atoms with van der Waals surface area (Å²) in [7, 11) is 3.64. The summed E-state index contributed by atoms with van der Waals surface area (Å²) in [4.78, 5) is 27.3. The molecule has 0 aliphatic carbocycles. The monoisotopic (exact) mass is 609 g/mol. The highest BCUT2D eigenvalue weighted by Gasteiger charge is 2.48. The van der Waals surface area contributed by atoms with Crippen molar-refractivity contribution in [3.63, 3.8) is 0 Å². The van der Waals surface area contributed by atoms with E-state index in [9.17, 15) is 4.79 Å². The number of nitrogens with two attached hydrogens (primary N) is 1. The van der Waals surface area contributed by atoms with Gasteiger partial charge in [0.1, 0.15) is 24.6 Å². The predicted octanol–water partition coefficient (Wildman–Crippen LogP) is 3.99. The summed E-state index contributed by atoms with van der Waals surface area (Å²) in [5.41, 5.74) is 6.90. The topological polar surface area (TPSA) is 139 Å². The molecule has 15 heteroatoms. The van der Waals surface area contributed by atoms with Crippen LogP contribution in [0.1, 0.15) is 40.3 Å². The lowest BCUT2D eigenvalue weighted by Crippen LogP contribution is -2.37. The van der Waals surface area contributed by atoms with Crippen LogP contribution in [0.3, 0.4) is 0 Å². The van der Waals surface area contributed by atoms with Crippen molar-refractivity contribution in [3.8, 4) is 5.75 Å². The van der Waals surface area contributed by atoms with Crippen molar-refractivity contribution < 1.29 is 27.9 Å². The van der Waals surface area contributed by atoms with Crippen LogP contribution in [0.25, 0.3) is 11.2 Å². The first-order valence-electron chi connectivity index (χ1n) is 13.2. The normalized spacial score (nSPS) is 22.9. The molecule has 0 spiro atoms. The molecule has 1 aromatic carbocycles. The Morgan fingerprint density at radius 1 is 1.32 bits per heavy atom. The number of alkyl halides is 1. The summed E-state index contributed by atoms with van der Waals surface area (Å²) in [6.45, 7) is 6.51. The summed E-state index contributed by atoms with van der Waals surface area (Å²) >= 11 is 5.82. The van der Waals surface area contributed by atoms with Gasteiger partial charge in [0.15, 0.2) is 29.7 Å². The number of fused-ring (bicyclic) bond motifs is 1. The molecule has 0 bridgehead atoms. The number of anilines is 2. The number of nitrogens with one attached hydrogen (secondary N) is 1. The molecule has 3 heterocycles. The number of aromatic nitrogens is 4. The third-order valence-corrected chi connectivity index (χ3v) is 9.04. The van der Waals surface area contributed by atoms with Crippen LogP contribution in [0.4, 0.5) is 16.2 Å². The number of benzene rings is 1. The van der Waals surface area contributed by atoms with Gasteiger partial charge in [0.25, 0.3) is 0 Å². The van der Waals surface area contributed by atoms with Gasteiger partial charge in [-0.15, -0.1) is 0 Å². The Balaban J connectivity index is 1.52. The number of nitrogens with zero attached hydrogens (tertiary/aromatic N) is 5. The van der Waals surface area contributed by atoms with Gasteiger partial charge in [0.05, 0.1) is 12.4 Å². The molecule has 3 aromatic rings. The van der Waals surface area contributed by atoms with Gasteiger partial charge in [0, 0.05) is 26.4 Å². The van der Waals surface area contributed by atoms with Gasteiger partial charge in [0.2, 0.25) is 11.8 Å². The number of imidazole rings is 1. The zero-order chi connectivity index (χ0) is 29.9. The third kappa shape index (κ3) is 7.49. The summed E-state index contributed by atoms with van der Waals surface area (Å²) in [6.07, 6.45) is -2.67. The van der Waals surface area contributed by atoms with E-state index >= 15 is 4.39 Å². The highest BCUT2D eigenvalue weighted by atomic mass is 32.4. The Labute approximate surface area is 243 Å². The molecular weight excluding hydrogens is 572 g/mol. The first-order chi connectivity index (χ1) is 19.3. The van der Waals surface area contributed by atoms with Crippen LogP contribution < -0.4 is 20.5 Å². The van der Waals surface area contributed by atoms with Crippen molar-refractivity contribution in [2.75, 3.05) is 37.7 Å². The van der Waals surface area contributed by atoms with Crippen LogP contribution in [0.2, 0.25) is 0 Å². The molecule has 1 aliphatic heterocycles. The van der Waals surface area contributed by atoms with E-state index in [1.165, 1.54) is 0 Å². The number of ether oxygens (including phenoxy) is 3. The molecule has 0 unspecified atom stereocenters. The van der Waals surface area contributed by atoms with Crippen LogP contribution in [0.15, 0.2) is 36.7 Å². The summed E-state index contributed by atoms with van der Waals surface area (Å²) in [5.74, 6) is -1.77. The van der Waals surface area contributed by atoms with Gasteiger partial charge in [-0.1, -0.05) is 25.1 Å². The van der Waals surface area contributed by atoms with Crippen LogP contribution >= 0.6 is 6.42 Å². The average molecular weight is 610 g/mol. The molecule has 5 atom stereocenters. The lowest BCUT2D eigenvalue weighted by atomic mass is 10.1. The van der Waals surface area contributed by atoms with E-state index in [4.69, 9.17) is 36.3 Å². The number of hydrogen-bond acceptors (Lipinski definition) is 11. The molecule has 0 radical (unpaired) electrons. The van der Waals surface area contributed by atoms with E-state index in [0.29, 0.717) is 22.7 Å². The number of hydrogen-bond donors (Lipinski definition) is 2. The fourth-order valence-electron chi connectivity index (χ4n) is 4.47. The van der Waals surface area contributed by atoms with E-state index in [-0.39, 0.29) is 30.7 Å². The number of para-hydroxylation sites is 1. The Bertz CT molecular complexity index is 1410. The van der Waals surface area contributed by atoms with Crippen LogP contribution in [0, 0.1) is 5.92 Å². The molecule has 1 aliphatic rings. The van der Waals surface area contributed by atoms with Gasteiger partial charge in [-0.2, -0.15) is 9.97 Å². The van der Waals surface area contributed by atoms with Crippen molar-refractivity contribution >= 4 is 47.1 Å². The Morgan fingerprint density at radius 2 is 2.02 bits per heavy atom. The smallest absolute Gasteiger partial charge is 0.323 e. The lowest BCUT2D eigenvalue weighted by molar-refractivity contribution is -0.172. The molecule has 1 fully saturated rings. The zero-order valence-electron chi connectivity index (χ0n) is 24.0. The lowest BCUT2D eigenvalue weighted by Gasteiger charge is -2.29. The van der Waals surface area contributed by atoms with E-state index < -0.39 is 37.1 Å². The van der Waals surface area contributed by atoms with Gasteiger partial charge >= 0.3 is 5.97 Å². The SMILES string of the molecule is CC(C)OC(=O)[C@@H](C)N[P@](=S)(COc1ccccc1)OC[C@]1(F)C[C@H](C)[C@H](n2cnc3c(N(C)C)nc(N)nc32)O1. The molecule has 0 saturated carbocycles. The predicted molar refractivity (Wildman–Crippen MR) is 158 cm³/mol. The minimum Gasteiger partial charge on any atom is -0.485 e. The number of nitrogen functional groups attached to an aromatic ring is 1. The van der Waals surface area contributed by atoms with Crippen molar-refractivity contribution in [1.82, 2.24) is 24.6 Å². The fraction of sp³-hybridized carbons (Fsp3) is 0.538. The third-order valence-electron chi connectivity index (χ3n) is 6.29. The maximum Gasteiger partial charge on any atom is 0.323 e. The van der Waals surface area contributed by atoms with Gasteiger partial charge < -0.3 is 29.4 Å². The van der Waals surface area contributed by atoms with Crippen molar-refractivity contribution in [2.45, 2.75) is 58.3 Å². The standard InChI is InChI=1S/C26H37FN7O5PS/c1-16(2)38-24(35)18(4)32-40(41,15-36-19-10-8-7-9-11-19)37-13-26(27)12-17(3)23(39-26)34-14-29-20-21(33(5)6)30-25(28)31-22(20)34/h7-11,14,16-18,23H,12-13,15H2,1-6H3,(H,32,41)(H2,28,30,31)/t17-,18+,23+,26-,40+/m0/s1. The number of carbonyl (C=O) groups excluding carboxylic acids is 1.